The van der Waals surface area contributed by atoms with Crippen molar-refractivity contribution in [3.63, 3.8) is 0 Å². The van der Waals surface area contributed by atoms with E-state index in [4.69, 9.17) is 27.9 Å². The number of rotatable bonds is 4. The Kier molecular flexibility index (Phi) is 5.51. The molecule has 0 aromatic heterocycles. The molecule has 2 rings (SSSR count). The molecule has 0 atom stereocenters. The lowest BCUT2D eigenvalue weighted by atomic mass is 10.1. The molecule has 0 spiro atoms. The first kappa shape index (κ1) is 16.1. The summed E-state index contributed by atoms with van der Waals surface area (Å²) in [4.78, 5) is 16.7. The average molecular weight is 329 g/mol. The van der Waals surface area contributed by atoms with Crippen molar-refractivity contribution in [2.24, 2.45) is 0 Å². The summed E-state index contributed by atoms with van der Waals surface area (Å²) in [6, 6.07) is 4.92. The minimum absolute atomic E-state index is 0.104. The minimum atomic E-state index is -0.104. The average Bonchev–Trinajstić information content (AvgIpc) is 2.45. The summed E-state index contributed by atoms with van der Waals surface area (Å²) in [5.74, 6) is -0.104. The van der Waals surface area contributed by atoms with E-state index in [-0.39, 0.29) is 5.78 Å². The number of Topliss-reactive ketones (excluding diaryl/α,β-unsaturated/α-hetero) is 1. The van der Waals surface area contributed by atoms with Gasteiger partial charge in [-0.1, -0.05) is 23.2 Å². The van der Waals surface area contributed by atoms with Crippen LogP contribution in [-0.4, -0.2) is 56.0 Å². The summed E-state index contributed by atoms with van der Waals surface area (Å²) in [5.41, 5.74) is 1.08. The zero-order valence-corrected chi connectivity index (χ0v) is 13.6. The molecule has 1 aromatic rings. The van der Waals surface area contributed by atoms with Crippen LogP contribution in [0.2, 0.25) is 10.0 Å². The van der Waals surface area contributed by atoms with Gasteiger partial charge in [-0.15, -0.1) is 0 Å². The summed E-state index contributed by atoms with van der Waals surface area (Å²) in [7, 11) is 3.77. The lowest BCUT2D eigenvalue weighted by Crippen LogP contribution is -2.38. The standard InChI is InChI=1S/C15H18Cl2N2O2/c1-18(2)10-14(19-5-7-21-8-6-19)15(20)12-4-3-11(16)9-13(12)17/h3-4,9-10H,5-8H2,1-2H3/b14-10+. The van der Waals surface area contributed by atoms with Gasteiger partial charge in [0.15, 0.2) is 0 Å². The maximum absolute atomic E-state index is 12.8. The molecule has 0 N–H and O–H groups in total. The molecule has 0 unspecified atom stereocenters. The number of carbonyl (C=O) groups excluding carboxylic acids is 1. The lowest BCUT2D eigenvalue weighted by Gasteiger charge is -2.31. The van der Waals surface area contributed by atoms with Gasteiger partial charge in [0.1, 0.15) is 5.70 Å². The molecular weight excluding hydrogens is 311 g/mol. The second kappa shape index (κ2) is 7.16. The van der Waals surface area contributed by atoms with Gasteiger partial charge >= 0.3 is 0 Å². The van der Waals surface area contributed by atoms with Crippen LogP contribution in [0.3, 0.4) is 0 Å². The summed E-state index contributed by atoms with van der Waals surface area (Å²) < 4.78 is 5.34. The zero-order valence-electron chi connectivity index (χ0n) is 12.1. The highest BCUT2D eigenvalue weighted by atomic mass is 35.5. The highest BCUT2D eigenvalue weighted by Crippen LogP contribution is 2.25. The van der Waals surface area contributed by atoms with Gasteiger partial charge in [0.2, 0.25) is 5.78 Å². The van der Waals surface area contributed by atoms with Crippen molar-refractivity contribution in [3.8, 4) is 0 Å². The molecule has 21 heavy (non-hydrogen) atoms. The molecule has 1 aliphatic heterocycles. The summed E-state index contributed by atoms with van der Waals surface area (Å²) >= 11 is 12.0. The van der Waals surface area contributed by atoms with Gasteiger partial charge in [-0.3, -0.25) is 4.79 Å². The van der Waals surface area contributed by atoms with Crippen LogP contribution in [-0.2, 0) is 4.74 Å². The van der Waals surface area contributed by atoms with Crippen molar-refractivity contribution in [1.82, 2.24) is 9.80 Å². The first-order chi connectivity index (χ1) is 9.99. The molecule has 6 heteroatoms. The minimum Gasteiger partial charge on any atom is -0.382 e. The molecule has 1 saturated heterocycles. The SMILES string of the molecule is CN(C)/C=C(\C(=O)c1ccc(Cl)cc1Cl)N1CCOCC1. The molecule has 0 aliphatic carbocycles. The monoisotopic (exact) mass is 328 g/mol. The van der Waals surface area contributed by atoms with E-state index in [1.807, 2.05) is 30.1 Å². The highest BCUT2D eigenvalue weighted by molar-refractivity contribution is 6.37. The third-order valence-corrected chi connectivity index (χ3v) is 3.69. The van der Waals surface area contributed by atoms with Gasteiger partial charge in [0.05, 0.1) is 18.2 Å². The molecular formula is C15H18Cl2N2O2. The van der Waals surface area contributed by atoms with E-state index in [0.717, 1.165) is 0 Å². The fraction of sp³-hybridized carbons (Fsp3) is 0.400. The summed E-state index contributed by atoms with van der Waals surface area (Å²) in [5, 5.41) is 0.881. The van der Waals surface area contributed by atoms with E-state index >= 15 is 0 Å². The Labute approximate surface area is 134 Å². The predicted octanol–water partition coefficient (Wildman–Crippen LogP) is 2.91. The van der Waals surface area contributed by atoms with E-state index in [9.17, 15) is 4.79 Å². The van der Waals surface area contributed by atoms with Gasteiger partial charge in [-0.2, -0.15) is 0 Å². The zero-order chi connectivity index (χ0) is 15.4. The van der Waals surface area contributed by atoms with Crippen LogP contribution in [0.25, 0.3) is 0 Å². The van der Waals surface area contributed by atoms with Crippen LogP contribution in [0.4, 0.5) is 0 Å². The largest absolute Gasteiger partial charge is 0.382 e. The van der Waals surface area contributed by atoms with Crippen LogP contribution < -0.4 is 0 Å². The van der Waals surface area contributed by atoms with Crippen molar-refractivity contribution in [2.45, 2.75) is 0 Å². The first-order valence-corrected chi connectivity index (χ1v) is 7.45. The molecule has 1 aromatic carbocycles. The van der Waals surface area contributed by atoms with Crippen molar-refractivity contribution in [1.29, 1.82) is 0 Å². The molecule has 0 bridgehead atoms. The number of morpholine rings is 1. The van der Waals surface area contributed by atoms with Gasteiger partial charge in [0, 0.05) is 44.0 Å². The van der Waals surface area contributed by atoms with Gasteiger partial charge in [0.25, 0.3) is 0 Å². The second-order valence-corrected chi connectivity index (χ2v) is 5.87. The molecule has 1 heterocycles. The molecule has 1 fully saturated rings. The van der Waals surface area contributed by atoms with Crippen molar-refractivity contribution < 1.29 is 9.53 Å². The second-order valence-electron chi connectivity index (χ2n) is 5.03. The summed E-state index contributed by atoms with van der Waals surface area (Å²) in [6.07, 6.45) is 1.82. The Bertz CT molecular complexity index is 553. The molecule has 114 valence electrons. The van der Waals surface area contributed by atoms with Crippen molar-refractivity contribution >= 4 is 29.0 Å². The number of halogens is 2. The van der Waals surface area contributed by atoms with Crippen molar-refractivity contribution in [2.75, 3.05) is 40.4 Å². The van der Waals surface area contributed by atoms with E-state index < -0.39 is 0 Å². The van der Waals surface area contributed by atoms with Crippen LogP contribution in [0.1, 0.15) is 10.4 Å². The number of allylic oxidation sites excluding steroid dienone is 1. The predicted molar refractivity (Wildman–Crippen MR) is 85.0 cm³/mol. The molecule has 4 nitrogen and oxygen atoms in total. The van der Waals surface area contributed by atoms with Gasteiger partial charge in [-0.05, 0) is 18.2 Å². The number of hydrogen-bond donors (Lipinski definition) is 0. The number of nitrogens with zero attached hydrogens (tertiary/aromatic N) is 2. The highest BCUT2D eigenvalue weighted by Gasteiger charge is 2.23. The quantitative estimate of drug-likeness (QED) is 0.628. The Hall–Kier alpha value is -1.23. The maximum Gasteiger partial charge on any atom is 0.212 e. The Balaban J connectivity index is 2.33. The smallest absolute Gasteiger partial charge is 0.212 e. The molecule has 0 amide bonds. The fourth-order valence-corrected chi connectivity index (χ4v) is 2.64. The Morgan fingerprint density at radius 2 is 1.95 bits per heavy atom. The number of ketones is 1. The number of benzene rings is 1. The molecule has 0 radical (unpaired) electrons. The topological polar surface area (TPSA) is 32.8 Å². The Morgan fingerprint density at radius 3 is 2.52 bits per heavy atom. The fourth-order valence-electron chi connectivity index (χ4n) is 2.14. The normalized spacial score (nSPS) is 16.0. The van der Waals surface area contributed by atoms with Crippen LogP contribution >= 0.6 is 23.2 Å². The number of ether oxygens (including phenoxy) is 1. The molecule has 1 aliphatic rings. The number of carbonyl (C=O) groups is 1. The van der Waals surface area contributed by atoms with Crippen LogP contribution in [0.15, 0.2) is 30.1 Å². The Morgan fingerprint density at radius 1 is 1.29 bits per heavy atom. The maximum atomic E-state index is 12.8. The van der Waals surface area contributed by atoms with Crippen LogP contribution in [0, 0.1) is 0 Å². The van der Waals surface area contributed by atoms with Crippen molar-refractivity contribution in [3.05, 3.63) is 45.7 Å². The van der Waals surface area contributed by atoms with E-state index in [0.29, 0.717) is 47.6 Å². The third-order valence-electron chi connectivity index (χ3n) is 3.14. The lowest BCUT2D eigenvalue weighted by molar-refractivity contribution is 0.0500. The van der Waals surface area contributed by atoms with E-state index in [1.54, 1.807) is 18.2 Å². The van der Waals surface area contributed by atoms with Gasteiger partial charge in [-0.25, -0.2) is 0 Å². The van der Waals surface area contributed by atoms with E-state index in [1.165, 1.54) is 0 Å². The van der Waals surface area contributed by atoms with E-state index in [2.05, 4.69) is 0 Å². The first-order valence-electron chi connectivity index (χ1n) is 6.69. The number of hydrogen-bond acceptors (Lipinski definition) is 4. The van der Waals surface area contributed by atoms with Crippen LogP contribution in [0.5, 0.6) is 0 Å². The molecule has 0 saturated carbocycles. The van der Waals surface area contributed by atoms with Gasteiger partial charge < -0.3 is 14.5 Å². The summed E-state index contributed by atoms with van der Waals surface area (Å²) in [6.45, 7) is 2.62. The third kappa shape index (κ3) is 4.13.